The first-order valence-corrected chi connectivity index (χ1v) is 8.59. The van der Waals surface area contributed by atoms with Crippen molar-refractivity contribution in [2.75, 3.05) is 11.1 Å². The molecule has 8 heteroatoms. The largest absolute Gasteiger partial charge is 0.325 e. The molecule has 0 atom stereocenters. The number of nitrogens with zero attached hydrogens (tertiary/aromatic N) is 2. The molecule has 0 saturated carbocycles. The summed E-state index contributed by atoms with van der Waals surface area (Å²) in [6.07, 6.45) is 0. The van der Waals surface area contributed by atoms with Gasteiger partial charge in [-0.1, -0.05) is 23.5 Å². The van der Waals surface area contributed by atoms with Gasteiger partial charge in [-0.25, -0.2) is 9.97 Å². The van der Waals surface area contributed by atoms with Gasteiger partial charge in [0.1, 0.15) is 0 Å². The summed E-state index contributed by atoms with van der Waals surface area (Å²) in [5, 5.41) is 3.27. The Morgan fingerprint density at radius 3 is 2.35 bits per heavy atom. The molecular formula is C15H15F2N3OS2. The fraction of sp³-hybridized carbons (Fsp3) is 0.267. The molecule has 0 fully saturated rings. The Labute approximate surface area is 141 Å². The van der Waals surface area contributed by atoms with Crippen LogP contribution in [-0.2, 0) is 4.79 Å². The summed E-state index contributed by atoms with van der Waals surface area (Å²) < 4.78 is 24.5. The van der Waals surface area contributed by atoms with Crippen LogP contribution >= 0.6 is 23.5 Å². The molecule has 1 aromatic carbocycles. The molecule has 1 aromatic heterocycles. The van der Waals surface area contributed by atoms with Crippen LogP contribution in [0.25, 0.3) is 0 Å². The van der Waals surface area contributed by atoms with E-state index in [0.717, 1.165) is 11.4 Å². The number of nitrogens with one attached hydrogen (secondary N) is 1. The van der Waals surface area contributed by atoms with Gasteiger partial charge in [-0.3, -0.25) is 4.79 Å². The molecule has 0 aliphatic heterocycles. The van der Waals surface area contributed by atoms with E-state index in [2.05, 4.69) is 15.3 Å². The second kappa shape index (κ2) is 8.26. The molecule has 0 saturated heterocycles. The summed E-state index contributed by atoms with van der Waals surface area (Å²) >= 11 is 1.72. The van der Waals surface area contributed by atoms with Crippen molar-refractivity contribution >= 4 is 35.1 Å². The fourth-order valence-electron chi connectivity index (χ4n) is 1.81. The lowest BCUT2D eigenvalue weighted by molar-refractivity contribution is -0.113. The highest BCUT2D eigenvalue weighted by molar-refractivity contribution is 8.00. The lowest BCUT2D eigenvalue weighted by Crippen LogP contribution is -2.14. The molecule has 0 bridgehead atoms. The minimum atomic E-state index is -2.45. The SMILES string of the molecule is Cc1cc(C)nc(SCC(=O)Nc2ccc(SC(F)F)cc2)n1. The quantitative estimate of drug-likeness (QED) is 0.623. The van der Waals surface area contributed by atoms with E-state index in [-0.39, 0.29) is 11.7 Å². The minimum Gasteiger partial charge on any atom is -0.325 e. The highest BCUT2D eigenvalue weighted by Crippen LogP contribution is 2.26. The van der Waals surface area contributed by atoms with Crippen LogP contribution in [0.3, 0.4) is 0 Å². The number of alkyl halides is 2. The van der Waals surface area contributed by atoms with E-state index < -0.39 is 5.76 Å². The lowest BCUT2D eigenvalue weighted by atomic mass is 10.3. The van der Waals surface area contributed by atoms with E-state index in [1.54, 1.807) is 24.3 Å². The normalized spacial score (nSPS) is 10.8. The fourth-order valence-corrected chi connectivity index (χ4v) is 3.05. The predicted octanol–water partition coefficient (Wildman–Crippen LogP) is 4.14. The Kier molecular flexibility index (Phi) is 6.35. The van der Waals surface area contributed by atoms with Crippen LogP contribution in [-0.4, -0.2) is 27.4 Å². The van der Waals surface area contributed by atoms with Crippen molar-refractivity contribution in [1.29, 1.82) is 0 Å². The number of hydrogen-bond donors (Lipinski definition) is 1. The molecule has 4 nitrogen and oxygen atoms in total. The standard InChI is InChI=1S/C15H15F2N3OS2/c1-9-7-10(2)19-15(18-9)22-8-13(21)20-11-3-5-12(6-4-11)23-14(16)17/h3-7,14H,8H2,1-2H3,(H,20,21). The van der Waals surface area contributed by atoms with Gasteiger partial charge >= 0.3 is 0 Å². The highest BCUT2D eigenvalue weighted by Gasteiger charge is 2.08. The molecule has 0 aliphatic rings. The van der Waals surface area contributed by atoms with Crippen molar-refractivity contribution in [1.82, 2.24) is 9.97 Å². The van der Waals surface area contributed by atoms with Gasteiger partial charge in [-0.05, 0) is 44.2 Å². The van der Waals surface area contributed by atoms with Crippen molar-refractivity contribution in [3.63, 3.8) is 0 Å². The summed E-state index contributed by atoms with van der Waals surface area (Å²) in [6.45, 7) is 3.75. The Balaban J connectivity index is 1.87. The lowest BCUT2D eigenvalue weighted by Gasteiger charge is -2.06. The summed E-state index contributed by atoms with van der Waals surface area (Å²) in [7, 11) is 0. The average molecular weight is 355 g/mol. The highest BCUT2D eigenvalue weighted by atomic mass is 32.2. The molecule has 1 heterocycles. The Morgan fingerprint density at radius 2 is 1.78 bits per heavy atom. The average Bonchev–Trinajstić information content (AvgIpc) is 2.46. The number of rotatable bonds is 6. The molecular weight excluding hydrogens is 340 g/mol. The van der Waals surface area contributed by atoms with Crippen LogP contribution in [0.2, 0.25) is 0 Å². The first-order chi connectivity index (χ1) is 10.9. The number of amides is 1. The third-order valence-electron chi connectivity index (χ3n) is 2.66. The number of carbonyl (C=O) groups is 1. The third kappa shape index (κ3) is 6.15. The van der Waals surface area contributed by atoms with E-state index in [9.17, 15) is 13.6 Å². The van der Waals surface area contributed by atoms with E-state index >= 15 is 0 Å². The molecule has 0 unspecified atom stereocenters. The van der Waals surface area contributed by atoms with E-state index in [4.69, 9.17) is 0 Å². The Hall–Kier alpha value is -1.67. The predicted molar refractivity (Wildman–Crippen MR) is 89.2 cm³/mol. The van der Waals surface area contributed by atoms with Crippen LogP contribution in [0.5, 0.6) is 0 Å². The van der Waals surface area contributed by atoms with Gasteiger partial charge in [0.15, 0.2) is 5.16 Å². The zero-order valence-corrected chi connectivity index (χ0v) is 14.2. The van der Waals surface area contributed by atoms with Gasteiger partial charge in [0.25, 0.3) is 5.76 Å². The number of hydrogen-bond acceptors (Lipinski definition) is 5. The number of benzene rings is 1. The second-order valence-corrected chi connectivity index (χ2v) is 6.68. The van der Waals surface area contributed by atoms with Crippen LogP contribution in [0.4, 0.5) is 14.5 Å². The summed E-state index contributed by atoms with van der Waals surface area (Å²) in [6, 6.07) is 8.16. The number of carbonyl (C=O) groups excluding carboxylic acids is 1. The van der Waals surface area contributed by atoms with Crippen LogP contribution < -0.4 is 5.32 Å². The van der Waals surface area contributed by atoms with Crippen molar-refractivity contribution in [2.45, 2.75) is 29.7 Å². The maximum Gasteiger partial charge on any atom is 0.288 e. The zero-order chi connectivity index (χ0) is 16.8. The maximum absolute atomic E-state index is 12.2. The molecule has 1 N–H and O–H groups in total. The molecule has 1 amide bonds. The minimum absolute atomic E-state index is 0.177. The maximum atomic E-state index is 12.2. The van der Waals surface area contributed by atoms with Gasteiger partial charge in [0, 0.05) is 22.0 Å². The molecule has 122 valence electrons. The number of thioether (sulfide) groups is 2. The van der Waals surface area contributed by atoms with Crippen molar-refractivity contribution in [3.05, 3.63) is 41.7 Å². The first-order valence-electron chi connectivity index (χ1n) is 6.72. The Bertz CT molecular complexity index is 661. The zero-order valence-electron chi connectivity index (χ0n) is 12.5. The monoisotopic (exact) mass is 355 g/mol. The van der Waals surface area contributed by atoms with Crippen molar-refractivity contribution in [2.24, 2.45) is 0 Å². The van der Waals surface area contributed by atoms with Gasteiger partial charge in [0.2, 0.25) is 5.91 Å². The third-order valence-corrected chi connectivity index (χ3v) is 4.23. The summed E-state index contributed by atoms with van der Waals surface area (Å²) in [4.78, 5) is 20.9. The smallest absolute Gasteiger partial charge is 0.288 e. The molecule has 2 rings (SSSR count). The van der Waals surface area contributed by atoms with Gasteiger partial charge < -0.3 is 5.32 Å². The Morgan fingerprint density at radius 1 is 1.17 bits per heavy atom. The van der Waals surface area contributed by atoms with Crippen molar-refractivity contribution < 1.29 is 13.6 Å². The molecule has 0 radical (unpaired) electrons. The molecule has 0 aliphatic carbocycles. The van der Waals surface area contributed by atoms with Crippen LogP contribution in [0.15, 0.2) is 40.4 Å². The van der Waals surface area contributed by atoms with Crippen LogP contribution in [0, 0.1) is 13.8 Å². The number of halogens is 2. The van der Waals surface area contributed by atoms with Gasteiger partial charge in [0.05, 0.1) is 5.75 Å². The molecule has 23 heavy (non-hydrogen) atoms. The topological polar surface area (TPSA) is 54.9 Å². The molecule has 2 aromatic rings. The van der Waals surface area contributed by atoms with Crippen molar-refractivity contribution in [3.8, 4) is 0 Å². The van der Waals surface area contributed by atoms with Gasteiger partial charge in [-0.2, -0.15) is 8.78 Å². The van der Waals surface area contributed by atoms with Gasteiger partial charge in [-0.15, -0.1) is 0 Å². The summed E-state index contributed by atoms with van der Waals surface area (Å²) in [5.74, 6) is -2.48. The second-order valence-electron chi connectivity index (χ2n) is 4.67. The van der Waals surface area contributed by atoms with Crippen LogP contribution in [0.1, 0.15) is 11.4 Å². The van der Waals surface area contributed by atoms with E-state index in [1.807, 2.05) is 19.9 Å². The van der Waals surface area contributed by atoms with E-state index in [0.29, 0.717) is 27.5 Å². The number of aryl methyl sites for hydroxylation is 2. The summed E-state index contributed by atoms with van der Waals surface area (Å²) in [5.41, 5.74) is 2.27. The number of aromatic nitrogens is 2. The molecule has 0 spiro atoms. The first kappa shape index (κ1) is 17.7. The number of anilines is 1. The van der Waals surface area contributed by atoms with E-state index in [1.165, 1.54) is 11.8 Å².